The Labute approximate surface area is 162 Å². The number of guanidine groups is 1. The van der Waals surface area contributed by atoms with Gasteiger partial charge in [0.15, 0.2) is 5.96 Å². The number of aromatic nitrogens is 3. The molecule has 1 aromatic carbocycles. The third kappa shape index (κ3) is 6.38. The molecule has 1 heterocycles. The standard InChI is InChI=1S/C21H32N6/c1-2-20-26-24-17-27(20)16-15-23-21(25-19-11-7-4-8-12-19)22-14-13-18-9-5-3-6-10-18/h3,5-6,9-10,17,19H,2,4,7-8,11-16H2,1H3,(H2,22,23,25). The van der Waals surface area contributed by atoms with E-state index in [-0.39, 0.29) is 0 Å². The first kappa shape index (κ1) is 19.4. The smallest absolute Gasteiger partial charge is 0.191 e. The maximum absolute atomic E-state index is 4.83. The summed E-state index contributed by atoms with van der Waals surface area (Å²) in [6, 6.07) is 11.1. The molecule has 0 radical (unpaired) electrons. The largest absolute Gasteiger partial charge is 0.355 e. The second-order valence-electron chi connectivity index (χ2n) is 7.17. The van der Waals surface area contributed by atoms with Crippen LogP contribution >= 0.6 is 0 Å². The van der Waals surface area contributed by atoms with E-state index in [0.717, 1.165) is 44.3 Å². The summed E-state index contributed by atoms with van der Waals surface area (Å²) in [6.07, 6.45) is 10.1. The number of aliphatic imine (C=N–C) groups is 1. The maximum atomic E-state index is 4.83. The zero-order valence-electron chi connectivity index (χ0n) is 16.4. The van der Waals surface area contributed by atoms with Crippen LogP contribution < -0.4 is 10.6 Å². The van der Waals surface area contributed by atoms with Crippen LogP contribution in [0.15, 0.2) is 41.7 Å². The highest BCUT2D eigenvalue weighted by Gasteiger charge is 2.14. The Balaban J connectivity index is 1.53. The van der Waals surface area contributed by atoms with Crippen molar-refractivity contribution in [2.24, 2.45) is 4.99 Å². The Kier molecular flexibility index (Phi) is 7.69. The van der Waals surface area contributed by atoms with Crippen LogP contribution in [0.5, 0.6) is 0 Å². The molecular weight excluding hydrogens is 336 g/mol. The Morgan fingerprint density at radius 3 is 2.78 bits per heavy atom. The number of nitrogens with one attached hydrogen (secondary N) is 2. The van der Waals surface area contributed by atoms with Crippen molar-refractivity contribution in [2.45, 2.75) is 64.5 Å². The van der Waals surface area contributed by atoms with Crippen LogP contribution in [-0.2, 0) is 19.4 Å². The quantitative estimate of drug-likeness (QED) is 0.555. The molecule has 2 aromatic rings. The molecule has 2 N–H and O–H groups in total. The molecular formula is C21H32N6. The highest BCUT2D eigenvalue weighted by Crippen LogP contribution is 2.17. The summed E-state index contributed by atoms with van der Waals surface area (Å²) < 4.78 is 2.11. The lowest BCUT2D eigenvalue weighted by atomic mass is 9.96. The van der Waals surface area contributed by atoms with E-state index in [2.05, 4.69) is 62.7 Å². The Hall–Kier alpha value is -2.37. The molecule has 1 aliphatic rings. The van der Waals surface area contributed by atoms with E-state index >= 15 is 0 Å². The molecule has 1 fully saturated rings. The van der Waals surface area contributed by atoms with E-state index in [1.165, 1.54) is 37.7 Å². The van der Waals surface area contributed by atoms with Crippen LogP contribution in [0.4, 0.5) is 0 Å². The van der Waals surface area contributed by atoms with Crippen molar-refractivity contribution in [3.63, 3.8) is 0 Å². The van der Waals surface area contributed by atoms with Gasteiger partial charge in [-0.05, 0) is 24.8 Å². The van der Waals surface area contributed by atoms with Crippen molar-refractivity contribution in [3.8, 4) is 0 Å². The summed E-state index contributed by atoms with van der Waals surface area (Å²) in [4.78, 5) is 4.83. The van der Waals surface area contributed by atoms with Gasteiger partial charge in [-0.2, -0.15) is 0 Å². The fourth-order valence-corrected chi connectivity index (χ4v) is 3.57. The molecule has 3 rings (SSSR count). The number of rotatable bonds is 8. The molecule has 0 saturated heterocycles. The molecule has 6 heteroatoms. The van der Waals surface area contributed by atoms with Gasteiger partial charge in [-0.1, -0.05) is 56.5 Å². The van der Waals surface area contributed by atoms with Crippen molar-refractivity contribution < 1.29 is 0 Å². The monoisotopic (exact) mass is 368 g/mol. The third-order valence-electron chi connectivity index (χ3n) is 5.12. The number of aryl methyl sites for hydroxylation is 1. The van der Waals surface area contributed by atoms with E-state index in [1.807, 2.05) is 0 Å². The van der Waals surface area contributed by atoms with E-state index in [1.54, 1.807) is 6.33 Å². The molecule has 0 aliphatic heterocycles. The fourth-order valence-electron chi connectivity index (χ4n) is 3.57. The topological polar surface area (TPSA) is 67.1 Å². The second-order valence-corrected chi connectivity index (χ2v) is 7.17. The molecule has 1 aliphatic carbocycles. The Morgan fingerprint density at radius 2 is 2.00 bits per heavy atom. The lowest BCUT2D eigenvalue weighted by Crippen LogP contribution is -2.45. The maximum Gasteiger partial charge on any atom is 0.191 e. The van der Waals surface area contributed by atoms with Crippen LogP contribution in [0.3, 0.4) is 0 Å². The first-order valence-corrected chi connectivity index (χ1v) is 10.3. The Bertz CT molecular complexity index is 688. The van der Waals surface area contributed by atoms with Gasteiger partial charge in [0.05, 0.1) is 0 Å². The average molecular weight is 369 g/mol. The normalized spacial score (nSPS) is 15.7. The van der Waals surface area contributed by atoms with Crippen LogP contribution in [-0.4, -0.2) is 39.9 Å². The highest BCUT2D eigenvalue weighted by molar-refractivity contribution is 5.80. The van der Waals surface area contributed by atoms with E-state index in [4.69, 9.17) is 4.99 Å². The number of hydrogen-bond acceptors (Lipinski definition) is 3. The fraction of sp³-hybridized carbons (Fsp3) is 0.571. The minimum Gasteiger partial charge on any atom is -0.355 e. The zero-order chi connectivity index (χ0) is 18.7. The lowest BCUT2D eigenvalue weighted by molar-refractivity contribution is 0.409. The number of hydrogen-bond donors (Lipinski definition) is 2. The first-order chi connectivity index (χ1) is 13.3. The first-order valence-electron chi connectivity index (χ1n) is 10.3. The van der Waals surface area contributed by atoms with Gasteiger partial charge in [-0.15, -0.1) is 10.2 Å². The molecule has 0 amide bonds. The van der Waals surface area contributed by atoms with Crippen molar-refractivity contribution in [1.82, 2.24) is 25.4 Å². The predicted molar refractivity (Wildman–Crippen MR) is 110 cm³/mol. The second kappa shape index (κ2) is 10.7. The van der Waals surface area contributed by atoms with E-state index < -0.39 is 0 Å². The van der Waals surface area contributed by atoms with Gasteiger partial charge >= 0.3 is 0 Å². The van der Waals surface area contributed by atoms with Crippen molar-refractivity contribution in [3.05, 3.63) is 48.0 Å². The molecule has 27 heavy (non-hydrogen) atoms. The van der Waals surface area contributed by atoms with Gasteiger partial charge in [0.1, 0.15) is 12.2 Å². The molecule has 146 valence electrons. The molecule has 1 saturated carbocycles. The molecule has 0 atom stereocenters. The Morgan fingerprint density at radius 1 is 1.19 bits per heavy atom. The molecule has 0 bridgehead atoms. The van der Waals surface area contributed by atoms with Crippen LogP contribution in [0.25, 0.3) is 0 Å². The van der Waals surface area contributed by atoms with Gasteiger partial charge in [-0.3, -0.25) is 4.99 Å². The average Bonchev–Trinajstić information content (AvgIpc) is 3.17. The summed E-state index contributed by atoms with van der Waals surface area (Å²) in [5, 5.41) is 15.3. The minimum absolute atomic E-state index is 0.544. The van der Waals surface area contributed by atoms with E-state index in [0.29, 0.717) is 6.04 Å². The van der Waals surface area contributed by atoms with Gasteiger partial charge in [0.2, 0.25) is 0 Å². The molecule has 0 unspecified atom stereocenters. The number of benzene rings is 1. The van der Waals surface area contributed by atoms with Gasteiger partial charge in [0, 0.05) is 32.1 Å². The summed E-state index contributed by atoms with van der Waals surface area (Å²) in [5.41, 5.74) is 1.33. The van der Waals surface area contributed by atoms with E-state index in [9.17, 15) is 0 Å². The summed E-state index contributed by atoms with van der Waals surface area (Å²) in [6.45, 7) is 4.56. The van der Waals surface area contributed by atoms with Gasteiger partial charge in [-0.25, -0.2) is 0 Å². The third-order valence-corrected chi connectivity index (χ3v) is 5.12. The van der Waals surface area contributed by atoms with Gasteiger partial charge in [0.25, 0.3) is 0 Å². The number of nitrogens with zero attached hydrogens (tertiary/aromatic N) is 4. The summed E-state index contributed by atoms with van der Waals surface area (Å²) >= 11 is 0. The molecule has 0 spiro atoms. The SMILES string of the molecule is CCc1nncn1CCNC(=NCCc1ccccc1)NC1CCCCC1. The zero-order valence-corrected chi connectivity index (χ0v) is 16.4. The summed E-state index contributed by atoms with van der Waals surface area (Å²) in [5.74, 6) is 1.96. The van der Waals surface area contributed by atoms with Crippen molar-refractivity contribution >= 4 is 5.96 Å². The van der Waals surface area contributed by atoms with Crippen LogP contribution in [0.1, 0.15) is 50.4 Å². The minimum atomic E-state index is 0.544. The van der Waals surface area contributed by atoms with Gasteiger partial charge < -0.3 is 15.2 Å². The highest BCUT2D eigenvalue weighted by atomic mass is 15.3. The van der Waals surface area contributed by atoms with Crippen molar-refractivity contribution in [2.75, 3.05) is 13.1 Å². The molecule has 6 nitrogen and oxygen atoms in total. The lowest BCUT2D eigenvalue weighted by Gasteiger charge is -2.25. The molecule has 1 aromatic heterocycles. The summed E-state index contributed by atoms with van der Waals surface area (Å²) in [7, 11) is 0. The van der Waals surface area contributed by atoms with Crippen LogP contribution in [0, 0.1) is 0 Å². The van der Waals surface area contributed by atoms with Crippen molar-refractivity contribution in [1.29, 1.82) is 0 Å². The van der Waals surface area contributed by atoms with Crippen LogP contribution in [0.2, 0.25) is 0 Å². The predicted octanol–water partition coefficient (Wildman–Crippen LogP) is 2.95.